The van der Waals surface area contributed by atoms with Crippen LogP contribution in [0.5, 0.6) is 0 Å². The summed E-state index contributed by atoms with van der Waals surface area (Å²) in [5.74, 6) is 0. The number of benzene rings is 1. The quantitative estimate of drug-likeness (QED) is 0.787. The van der Waals surface area contributed by atoms with E-state index < -0.39 is 5.60 Å². The lowest BCUT2D eigenvalue weighted by Gasteiger charge is -2.32. The molecule has 0 atom stereocenters. The van der Waals surface area contributed by atoms with E-state index in [-0.39, 0.29) is 6.09 Å². The number of carbonyl (C=O) groups is 1. The normalized spacial score (nSPS) is 15.0. The molecule has 3 rings (SSSR count). The number of aromatic nitrogens is 1. The van der Waals surface area contributed by atoms with Gasteiger partial charge >= 0.3 is 6.09 Å². The van der Waals surface area contributed by atoms with E-state index in [0.717, 1.165) is 34.5 Å². The number of nitrogens with two attached hydrogens (primary N) is 1. The summed E-state index contributed by atoms with van der Waals surface area (Å²) in [4.78, 5) is 15.3. The van der Waals surface area contributed by atoms with Gasteiger partial charge in [0.15, 0.2) is 0 Å². The number of allylic oxidation sites excluding steroid dienone is 1. The maximum atomic E-state index is 12.6. The number of rotatable bonds is 2. The summed E-state index contributed by atoms with van der Waals surface area (Å²) in [5.41, 5.74) is 9.15. The largest absolute Gasteiger partial charge is 0.443 e. The molecule has 6 heteroatoms. The van der Waals surface area contributed by atoms with Crippen LogP contribution in [0, 0.1) is 0 Å². The molecule has 1 amide bonds. The van der Waals surface area contributed by atoms with Crippen LogP contribution in [0.4, 0.5) is 10.5 Å². The van der Waals surface area contributed by atoms with Crippen molar-refractivity contribution < 1.29 is 9.53 Å². The predicted molar refractivity (Wildman–Crippen MR) is 102 cm³/mol. The molecule has 0 saturated carbocycles. The van der Waals surface area contributed by atoms with Crippen LogP contribution >= 0.6 is 11.5 Å². The molecule has 1 aliphatic rings. The van der Waals surface area contributed by atoms with Gasteiger partial charge in [-0.1, -0.05) is 18.2 Å². The minimum atomic E-state index is -0.527. The number of hydrogen-bond donors (Lipinski definition) is 1. The van der Waals surface area contributed by atoms with Crippen molar-refractivity contribution in [1.82, 2.24) is 9.27 Å². The number of anilines is 1. The molecule has 0 bridgehead atoms. The van der Waals surface area contributed by atoms with Gasteiger partial charge in [0.25, 0.3) is 0 Å². The Kier molecular flexibility index (Phi) is 4.81. The van der Waals surface area contributed by atoms with Crippen molar-refractivity contribution in [3.8, 4) is 10.4 Å². The SMILES string of the molecule is CC(C)(C)OC(=O)N1CCCC=C1c1ccc(-c2ccns2)cc1N. The summed E-state index contributed by atoms with van der Waals surface area (Å²) in [6, 6.07) is 7.89. The van der Waals surface area contributed by atoms with E-state index in [1.807, 2.05) is 45.0 Å². The fraction of sp³-hybridized carbons (Fsp3) is 0.368. The number of carbonyl (C=O) groups excluding carboxylic acids is 1. The first-order valence-electron chi connectivity index (χ1n) is 8.37. The second kappa shape index (κ2) is 6.88. The van der Waals surface area contributed by atoms with E-state index in [2.05, 4.69) is 10.4 Å². The highest BCUT2D eigenvalue weighted by atomic mass is 32.1. The van der Waals surface area contributed by atoms with Gasteiger partial charge in [-0.15, -0.1) is 0 Å². The van der Waals surface area contributed by atoms with Crippen LogP contribution in [-0.4, -0.2) is 27.5 Å². The van der Waals surface area contributed by atoms with E-state index in [0.29, 0.717) is 12.2 Å². The fourth-order valence-electron chi connectivity index (χ4n) is 2.79. The van der Waals surface area contributed by atoms with Crippen molar-refractivity contribution in [2.75, 3.05) is 12.3 Å². The maximum absolute atomic E-state index is 12.6. The highest BCUT2D eigenvalue weighted by Crippen LogP contribution is 2.33. The molecule has 0 saturated heterocycles. The van der Waals surface area contributed by atoms with Crippen molar-refractivity contribution >= 4 is 29.0 Å². The Morgan fingerprint density at radius 2 is 2.12 bits per heavy atom. The third kappa shape index (κ3) is 4.02. The summed E-state index contributed by atoms with van der Waals surface area (Å²) >= 11 is 1.43. The van der Waals surface area contributed by atoms with E-state index in [9.17, 15) is 4.79 Å². The lowest BCUT2D eigenvalue weighted by molar-refractivity contribution is 0.0347. The van der Waals surface area contributed by atoms with Crippen molar-refractivity contribution in [2.45, 2.75) is 39.2 Å². The molecule has 0 aliphatic carbocycles. The van der Waals surface area contributed by atoms with Gasteiger partial charge in [-0.3, -0.25) is 4.90 Å². The monoisotopic (exact) mass is 357 g/mol. The van der Waals surface area contributed by atoms with Crippen molar-refractivity contribution in [3.63, 3.8) is 0 Å². The van der Waals surface area contributed by atoms with Crippen molar-refractivity contribution in [2.24, 2.45) is 0 Å². The van der Waals surface area contributed by atoms with Gasteiger partial charge < -0.3 is 10.5 Å². The van der Waals surface area contributed by atoms with Crippen molar-refractivity contribution in [3.05, 3.63) is 42.1 Å². The molecule has 0 radical (unpaired) electrons. The average Bonchev–Trinajstić information content (AvgIpc) is 3.07. The number of nitrogens with zero attached hydrogens (tertiary/aromatic N) is 2. The lowest BCUT2D eigenvalue weighted by Crippen LogP contribution is -2.37. The molecule has 2 N–H and O–H groups in total. The van der Waals surface area contributed by atoms with Gasteiger partial charge in [-0.05, 0) is 62.8 Å². The number of hydrogen-bond acceptors (Lipinski definition) is 5. The van der Waals surface area contributed by atoms with Gasteiger partial charge in [0, 0.05) is 24.0 Å². The Labute approximate surface area is 152 Å². The maximum Gasteiger partial charge on any atom is 0.414 e. The van der Waals surface area contributed by atoms with Crippen LogP contribution in [-0.2, 0) is 4.74 Å². The second-order valence-corrected chi connectivity index (χ2v) is 7.88. The Hall–Kier alpha value is -2.34. The van der Waals surface area contributed by atoms with Crippen LogP contribution in [0.25, 0.3) is 16.1 Å². The molecule has 2 heterocycles. The smallest absolute Gasteiger partial charge is 0.414 e. The standard InChI is InChI=1S/C19H23N3O2S/c1-19(2,3)24-18(23)22-11-5-4-6-16(22)14-8-7-13(12-15(14)20)17-9-10-21-25-17/h6-10,12H,4-5,11,20H2,1-3H3. The van der Waals surface area contributed by atoms with E-state index >= 15 is 0 Å². The molecular formula is C19H23N3O2S. The summed E-state index contributed by atoms with van der Waals surface area (Å²) in [6.45, 7) is 6.25. The minimum Gasteiger partial charge on any atom is -0.443 e. The fourth-order valence-corrected chi connectivity index (χ4v) is 3.38. The number of nitrogen functional groups attached to an aromatic ring is 1. The third-order valence-electron chi connectivity index (χ3n) is 3.88. The number of ether oxygens (including phenoxy) is 1. The molecule has 1 aromatic heterocycles. The van der Waals surface area contributed by atoms with Gasteiger partial charge in [-0.25, -0.2) is 9.17 Å². The third-order valence-corrected chi connectivity index (χ3v) is 4.67. The average molecular weight is 357 g/mol. The van der Waals surface area contributed by atoms with Crippen LogP contribution < -0.4 is 5.73 Å². The van der Waals surface area contributed by atoms with E-state index in [4.69, 9.17) is 10.5 Å². The predicted octanol–water partition coefficient (Wildman–Crippen LogP) is 4.76. The van der Waals surface area contributed by atoms with Gasteiger partial charge in [0.2, 0.25) is 0 Å². The Balaban J connectivity index is 1.90. The van der Waals surface area contributed by atoms with Crippen LogP contribution in [0.2, 0.25) is 0 Å². The Bertz CT molecular complexity index is 791. The summed E-state index contributed by atoms with van der Waals surface area (Å²) in [6.07, 6.45) is 5.35. The zero-order chi connectivity index (χ0) is 18.0. The molecule has 0 unspecified atom stereocenters. The molecule has 2 aromatic rings. The van der Waals surface area contributed by atoms with Gasteiger partial charge in [-0.2, -0.15) is 0 Å². The van der Waals surface area contributed by atoms with Crippen LogP contribution in [0.15, 0.2) is 36.5 Å². The molecular weight excluding hydrogens is 334 g/mol. The minimum absolute atomic E-state index is 0.329. The Morgan fingerprint density at radius 1 is 1.32 bits per heavy atom. The van der Waals surface area contributed by atoms with Crippen LogP contribution in [0.1, 0.15) is 39.2 Å². The first kappa shape index (κ1) is 17.5. The molecule has 0 spiro atoms. The van der Waals surface area contributed by atoms with E-state index in [1.54, 1.807) is 11.1 Å². The summed E-state index contributed by atoms with van der Waals surface area (Å²) in [5, 5.41) is 0. The van der Waals surface area contributed by atoms with Gasteiger partial charge in [0.05, 0.1) is 10.6 Å². The van der Waals surface area contributed by atoms with Gasteiger partial charge in [0.1, 0.15) is 5.60 Å². The van der Waals surface area contributed by atoms with E-state index in [1.165, 1.54) is 11.5 Å². The van der Waals surface area contributed by atoms with Crippen molar-refractivity contribution in [1.29, 1.82) is 0 Å². The second-order valence-electron chi connectivity index (χ2n) is 7.04. The first-order valence-corrected chi connectivity index (χ1v) is 9.14. The Morgan fingerprint density at radius 3 is 2.76 bits per heavy atom. The lowest BCUT2D eigenvalue weighted by atomic mass is 10.0. The molecule has 1 aliphatic heterocycles. The topological polar surface area (TPSA) is 68.5 Å². The highest BCUT2D eigenvalue weighted by molar-refractivity contribution is 7.09. The molecule has 1 aromatic carbocycles. The summed E-state index contributed by atoms with van der Waals surface area (Å²) < 4.78 is 9.68. The van der Waals surface area contributed by atoms with Crippen LogP contribution in [0.3, 0.4) is 0 Å². The highest BCUT2D eigenvalue weighted by Gasteiger charge is 2.27. The molecule has 25 heavy (non-hydrogen) atoms. The molecule has 132 valence electrons. The zero-order valence-electron chi connectivity index (χ0n) is 14.8. The molecule has 0 fully saturated rings. The summed E-state index contributed by atoms with van der Waals surface area (Å²) in [7, 11) is 0. The zero-order valence-corrected chi connectivity index (χ0v) is 15.6. The first-order chi connectivity index (χ1) is 11.8. The molecule has 5 nitrogen and oxygen atoms in total. The number of amides is 1.